The Bertz CT molecular complexity index is 526. The Morgan fingerprint density at radius 2 is 2.00 bits per heavy atom. The topological polar surface area (TPSA) is 52.6 Å². The highest BCUT2D eigenvalue weighted by molar-refractivity contribution is 5.89. The first kappa shape index (κ1) is 13.7. The summed E-state index contributed by atoms with van der Waals surface area (Å²) >= 11 is 0. The summed E-state index contributed by atoms with van der Waals surface area (Å²) in [6.07, 6.45) is -0.0725. The van der Waals surface area contributed by atoms with Crippen LogP contribution in [0.15, 0.2) is 18.2 Å². The molecule has 0 amide bonds. The minimum absolute atomic E-state index is 0.0725. The van der Waals surface area contributed by atoms with Gasteiger partial charge in [0.1, 0.15) is 12.2 Å². The van der Waals surface area contributed by atoms with E-state index in [0.29, 0.717) is 5.56 Å². The predicted molar refractivity (Wildman–Crippen MR) is 61.3 cm³/mol. The van der Waals surface area contributed by atoms with E-state index < -0.39 is 17.8 Å². The summed E-state index contributed by atoms with van der Waals surface area (Å²) in [5, 5.41) is 0. The van der Waals surface area contributed by atoms with E-state index in [9.17, 15) is 14.0 Å². The van der Waals surface area contributed by atoms with Crippen molar-refractivity contribution in [3.63, 3.8) is 0 Å². The van der Waals surface area contributed by atoms with Crippen LogP contribution in [0, 0.1) is 17.7 Å². The molecule has 0 aromatic heterocycles. The fourth-order valence-electron chi connectivity index (χ4n) is 1.16. The van der Waals surface area contributed by atoms with E-state index in [2.05, 4.69) is 21.3 Å². The number of benzene rings is 1. The molecule has 0 spiro atoms. The molecule has 0 saturated heterocycles. The molecular formula is C13H11FO4. The van der Waals surface area contributed by atoms with Gasteiger partial charge in [-0.3, -0.25) is 4.79 Å². The first-order valence-electron chi connectivity index (χ1n) is 5.02. The summed E-state index contributed by atoms with van der Waals surface area (Å²) in [5.41, 5.74) is 0.208. The van der Waals surface area contributed by atoms with Gasteiger partial charge in [-0.25, -0.2) is 9.18 Å². The van der Waals surface area contributed by atoms with E-state index >= 15 is 0 Å². The third kappa shape index (κ3) is 3.59. The summed E-state index contributed by atoms with van der Waals surface area (Å²) in [7, 11) is 2.43. The van der Waals surface area contributed by atoms with Crippen LogP contribution >= 0.6 is 0 Å². The van der Waals surface area contributed by atoms with Gasteiger partial charge in [0.2, 0.25) is 0 Å². The number of hydrogen-bond donors (Lipinski definition) is 0. The Kier molecular flexibility index (Phi) is 4.88. The summed E-state index contributed by atoms with van der Waals surface area (Å²) in [6.45, 7) is 0. The molecule has 5 heteroatoms. The molecule has 0 aliphatic carbocycles. The SMILES string of the molecule is COC(=O)CC#Cc1ccc(C(=O)OC)c(F)c1. The first-order chi connectivity index (χ1) is 8.58. The largest absolute Gasteiger partial charge is 0.468 e. The number of carbonyl (C=O) groups is 2. The maximum Gasteiger partial charge on any atom is 0.340 e. The van der Waals surface area contributed by atoms with Crippen molar-refractivity contribution in [3.05, 3.63) is 35.1 Å². The standard InChI is InChI=1S/C13H11FO4/c1-17-12(15)5-3-4-9-6-7-10(11(14)8-9)13(16)18-2/h6-8H,5H2,1-2H3. The van der Waals surface area contributed by atoms with Gasteiger partial charge in [-0.05, 0) is 18.2 Å². The first-order valence-corrected chi connectivity index (χ1v) is 5.02. The maximum absolute atomic E-state index is 13.5. The molecule has 0 radical (unpaired) electrons. The van der Waals surface area contributed by atoms with Gasteiger partial charge in [0, 0.05) is 5.56 Å². The minimum Gasteiger partial charge on any atom is -0.468 e. The average Bonchev–Trinajstić information content (AvgIpc) is 2.37. The number of esters is 2. The Hall–Kier alpha value is -2.35. The fraction of sp³-hybridized carbons (Fsp3) is 0.231. The number of ether oxygens (including phenoxy) is 2. The van der Waals surface area contributed by atoms with E-state index in [0.717, 1.165) is 6.07 Å². The van der Waals surface area contributed by atoms with Gasteiger partial charge in [0.15, 0.2) is 0 Å². The highest BCUT2D eigenvalue weighted by atomic mass is 19.1. The van der Waals surface area contributed by atoms with Crippen molar-refractivity contribution in [1.82, 2.24) is 0 Å². The van der Waals surface area contributed by atoms with E-state index in [-0.39, 0.29) is 12.0 Å². The van der Waals surface area contributed by atoms with E-state index in [4.69, 9.17) is 0 Å². The van der Waals surface area contributed by atoms with Crippen molar-refractivity contribution in [1.29, 1.82) is 0 Å². The van der Waals surface area contributed by atoms with Crippen LogP contribution < -0.4 is 0 Å². The molecule has 1 rings (SSSR count). The fourth-order valence-corrected chi connectivity index (χ4v) is 1.16. The third-order valence-electron chi connectivity index (χ3n) is 2.07. The molecule has 0 bridgehead atoms. The zero-order valence-corrected chi connectivity index (χ0v) is 9.95. The number of methoxy groups -OCH3 is 2. The van der Waals surface area contributed by atoms with Gasteiger partial charge in [-0.2, -0.15) is 0 Å². The number of hydrogen-bond acceptors (Lipinski definition) is 4. The predicted octanol–water partition coefficient (Wildman–Crippen LogP) is 1.53. The summed E-state index contributed by atoms with van der Waals surface area (Å²) < 4.78 is 22.3. The van der Waals surface area contributed by atoms with Gasteiger partial charge < -0.3 is 9.47 Å². The molecule has 18 heavy (non-hydrogen) atoms. The van der Waals surface area contributed by atoms with Crippen LogP contribution in [0.3, 0.4) is 0 Å². The van der Waals surface area contributed by atoms with Crippen molar-refractivity contribution in [2.75, 3.05) is 14.2 Å². The summed E-state index contributed by atoms with van der Waals surface area (Å²) in [6, 6.07) is 3.86. The smallest absolute Gasteiger partial charge is 0.340 e. The average molecular weight is 250 g/mol. The summed E-state index contributed by atoms with van der Waals surface area (Å²) in [5.74, 6) is 3.20. The van der Waals surface area contributed by atoms with Crippen molar-refractivity contribution < 1.29 is 23.5 Å². The quantitative estimate of drug-likeness (QED) is 0.590. The monoisotopic (exact) mass is 250 g/mol. The second-order valence-corrected chi connectivity index (χ2v) is 3.24. The van der Waals surface area contributed by atoms with Crippen molar-refractivity contribution in [2.24, 2.45) is 0 Å². The Balaban J connectivity index is 2.85. The summed E-state index contributed by atoms with van der Waals surface area (Å²) in [4.78, 5) is 21.9. The van der Waals surface area contributed by atoms with Gasteiger partial charge in [-0.15, -0.1) is 0 Å². The van der Waals surface area contributed by atoms with E-state index in [1.807, 2.05) is 0 Å². The van der Waals surface area contributed by atoms with Crippen molar-refractivity contribution >= 4 is 11.9 Å². The lowest BCUT2D eigenvalue weighted by Crippen LogP contribution is -2.04. The molecule has 1 aromatic carbocycles. The zero-order valence-electron chi connectivity index (χ0n) is 9.95. The number of rotatable bonds is 2. The van der Waals surface area contributed by atoms with Crippen molar-refractivity contribution in [2.45, 2.75) is 6.42 Å². The lowest BCUT2D eigenvalue weighted by atomic mass is 10.1. The second kappa shape index (κ2) is 6.40. The molecule has 0 unspecified atom stereocenters. The second-order valence-electron chi connectivity index (χ2n) is 3.24. The lowest BCUT2D eigenvalue weighted by molar-refractivity contribution is -0.139. The molecule has 0 aliphatic rings. The van der Waals surface area contributed by atoms with Crippen LogP contribution in [0.25, 0.3) is 0 Å². The minimum atomic E-state index is -0.749. The van der Waals surface area contributed by atoms with Gasteiger partial charge >= 0.3 is 11.9 Å². The molecular weight excluding hydrogens is 239 g/mol. The highest BCUT2D eigenvalue weighted by Gasteiger charge is 2.11. The molecule has 0 fully saturated rings. The van der Waals surface area contributed by atoms with E-state index in [1.54, 1.807) is 0 Å². The maximum atomic E-state index is 13.5. The third-order valence-corrected chi connectivity index (χ3v) is 2.07. The van der Waals surface area contributed by atoms with Gasteiger partial charge in [-0.1, -0.05) is 11.8 Å². The Labute approximate surface area is 104 Å². The molecule has 94 valence electrons. The Morgan fingerprint density at radius 3 is 2.56 bits per heavy atom. The van der Waals surface area contributed by atoms with Gasteiger partial charge in [0.05, 0.1) is 19.8 Å². The van der Waals surface area contributed by atoms with Crippen LogP contribution in [0.4, 0.5) is 4.39 Å². The van der Waals surface area contributed by atoms with E-state index in [1.165, 1.54) is 26.4 Å². The van der Waals surface area contributed by atoms with Crippen LogP contribution in [-0.4, -0.2) is 26.2 Å². The lowest BCUT2D eigenvalue weighted by Gasteiger charge is -2.00. The highest BCUT2D eigenvalue weighted by Crippen LogP contribution is 2.10. The molecule has 0 saturated carbocycles. The van der Waals surface area contributed by atoms with Crippen molar-refractivity contribution in [3.8, 4) is 11.8 Å². The normalized spacial score (nSPS) is 9.06. The van der Waals surface area contributed by atoms with Crippen LogP contribution in [-0.2, 0) is 14.3 Å². The van der Waals surface area contributed by atoms with Gasteiger partial charge in [0.25, 0.3) is 0 Å². The van der Waals surface area contributed by atoms with Crippen LogP contribution in [0.2, 0.25) is 0 Å². The molecule has 0 heterocycles. The Morgan fingerprint density at radius 1 is 1.28 bits per heavy atom. The molecule has 0 aliphatic heterocycles. The molecule has 0 atom stereocenters. The molecule has 4 nitrogen and oxygen atoms in total. The molecule has 1 aromatic rings. The van der Waals surface area contributed by atoms with Crippen LogP contribution in [0.5, 0.6) is 0 Å². The number of carbonyl (C=O) groups excluding carboxylic acids is 2. The number of halogens is 1. The zero-order chi connectivity index (χ0) is 13.5. The van der Waals surface area contributed by atoms with Crippen LogP contribution in [0.1, 0.15) is 22.3 Å². The molecule has 0 N–H and O–H groups in total.